The number of nitrogens with one attached hydrogen (secondary N) is 2. The van der Waals surface area contributed by atoms with E-state index >= 15 is 0 Å². The quantitative estimate of drug-likeness (QED) is 0.812. The highest BCUT2D eigenvalue weighted by Crippen LogP contribution is 2.34. The van der Waals surface area contributed by atoms with Crippen LogP contribution in [-0.4, -0.2) is 39.9 Å². The predicted molar refractivity (Wildman–Crippen MR) is 108 cm³/mol. The summed E-state index contributed by atoms with van der Waals surface area (Å²) in [6.07, 6.45) is 1.02. The molecule has 0 radical (unpaired) electrons. The molecule has 1 aliphatic rings. The Labute approximate surface area is 160 Å². The van der Waals surface area contributed by atoms with Gasteiger partial charge in [0.25, 0.3) is 0 Å². The largest absolute Gasteiger partial charge is 0.493 e. The molecule has 2 N–H and O–H groups in total. The second kappa shape index (κ2) is 8.66. The molecule has 0 saturated carbocycles. The number of carbonyl (C=O) groups is 1. The molecule has 1 heterocycles. The third kappa shape index (κ3) is 4.45. The van der Waals surface area contributed by atoms with E-state index in [1.54, 1.807) is 25.3 Å². The number of fused-ring (bicyclic) bond motifs is 1. The lowest BCUT2D eigenvalue weighted by Gasteiger charge is -2.33. The first-order valence-electron chi connectivity index (χ1n) is 9.28. The molecular weight excluding hydrogens is 342 g/mol. The minimum atomic E-state index is -0.223. The summed E-state index contributed by atoms with van der Waals surface area (Å²) < 4.78 is 10.8. The number of methoxy groups -OCH3 is 1. The van der Waals surface area contributed by atoms with Crippen molar-refractivity contribution in [1.82, 2.24) is 5.32 Å². The van der Waals surface area contributed by atoms with Gasteiger partial charge in [-0.25, -0.2) is 4.79 Å². The summed E-state index contributed by atoms with van der Waals surface area (Å²) in [5, 5.41) is 5.86. The van der Waals surface area contributed by atoms with Crippen LogP contribution < -0.4 is 25.0 Å². The average Bonchev–Trinajstić information content (AvgIpc) is 2.68. The monoisotopic (exact) mass is 369 g/mol. The minimum absolute atomic E-state index is 0.223. The number of carbonyl (C=O) groups excluding carboxylic acids is 1. The lowest BCUT2D eigenvalue weighted by atomic mass is 9.90. The van der Waals surface area contributed by atoms with Crippen molar-refractivity contribution < 1.29 is 14.3 Å². The van der Waals surface area contributed by atoms with E-state index in [0.29, 0.717) is 36.3 Å². The first kappa shape index (κ1) is 18.9. The second-order valence-corrected chi connectivity index (χ2v) is 6.60. The molecule has 0 bridgehead atoms. The van der Waals surface area contributed by atoms with E-state index in [1.807, 2.05) is 6.92 Å². The van der Waals surface area contributed by atoms with Crippen LogP contribution in [0.3, 0.4) is 0 Å². The normalized spacial score (nSPS) is 15.7. The van der Waals surface area contributed by atoms with Crippen molar-refractivity contribution in [2.45, 2.75) is 19.3 Å². The minimum Gasteiger partial charge on any atom is -0.493 e. The average molecular weight is 369 g/mol. The van der Waals surface area contributed by atoms with Crippen LogP contribution in [0.5, 0.6) is 11.5 Å². The van der Waals surface area contributed by atoms with Crippen molar-refractivity contribution in [3.05, 3.63) is 48.0 Å². The molecule has 0 fully saturated rings. The summed E-state index contributed by atoms with van der Waals surface area (Å²) >= 11 is 0. The molecule has 2 aromatic rings. The Hall–Kier alpha value is -2.89. The zero-order valence-corrected chi connectivity index (χ0v) is 16.1. The molecular formula is C21H27N3O3. The van der Waals surface area contributed by atoms with Crippen molar-refractivity contribution in [2.24, 2.45) is 0 Å². The van der Waals surface area contributed by atoms with E-state index in [1.165, 1.54) is 11.3 Å². The summed E-state index contributed by atoms with van der Waals surface area (Å²) in [4.78, 5) is 14.6. The summed E-state index contributed by atoms with van der Waals surface area (Å²) in [7, 11) is 3.70. The van der Waals surface area contributed by atoms with Crippen LogP contribution >= 0.6 is 0 Å². The number of urea groups is 1. The first-order chi connectivity index (χ1) is 13.1. The molecule has 2 aromatic carbocycles. The number of ether oxygens (including phenoxy) is 2. The van der Waals surface area contributed by atoms with Gasteiger partial charge in [-0.15, -0.1) is 0 Å². The van der Waals surface area contributed by atoms with Gasteiger partial charge in [-0.05, 0) is 37.1 Å². The SMILES string of the molecule is CCOc1cc(NC(=O)NCC2CCN(C)c3ccccc32)ccc1OC. The maximum absolute atomic E-state index is 12.4. The third-order valence-corrected chi connectivity index (χ3v) is 4.83. The van der Waals surface area contributed by atoms with Crippen LogP contribution in [0.1, 0.15) is 24.8 Å². The van der Waals surface area contributed by atoms with E-state index in [-0.39, 0.29) is 6.03 Å². The van der Waals surface area contributed by atoms with Gasteiger partial charge in [0.05, 0.1) is 13.7 Å². The highest BCUT2D eigenvalue weighted by Gasteiger charge is 2.23. The number of hydrogen-bond donors (Lipinski definition) is 2. The van der Waals surface area contributed by atoms with Crippen LogP contribution in [0.25, 0.3) is 0 Å². The van der Waals surface area contributed by atoms with Gasteiger partial charge in [-0.1, -0.05) is 18.2 Å². The lowest BCUT2D eigenvalue weighted by molar-refractivity contribution is 0.251. The fourth-order valence-electron chi connectivity index (χ4n) is 3.43. The Morgan fingerprint density at radius 1 is 1.22 bits per heavy atom. The number of hydrogen-bond acceptors (Lipinski definition) is 4. The fourth-order valence-corrected chi connectivity index (χ4v) is 3.43. The Morgan fingerprint density at radius 3 is 2.81 bits per heavy atom. The van der Waals surface area contributed by atoms with Crippen LogP contribution in [0.4, 0.5) is 16.2 Å². The molecule has 0 aromatic heterocycles. The standard InChI is InChI=1S/C21H27N3O3/c1-4-27-20-13-16(9-10-19(20)26-3)23-21(25)22-14-15-11-12-24(2)18-8-6-5-7-17(15)18/h5-10,13,15H,4,11-12,14H2,1-3H3,(H2,22,23,25). The molecule has 2 amide bonds. The van der Waals surface area contributed by atoms with Gasteiger partial charge >= 0.3 is 6.03 Å². The van der Waals surface area contributed by atoms with E-state index in [2.05, 4.69) is 46.8 Å². The number of benzene rings is 2. The molecule has 27 heavy (non-hydrogen) atoms. The van der Waals surface area contributed by atoms with Gasteiger partial charge in [0.1, 0.15) is 0 Å². The molecule has 144 valence electrons. The smallest absolute Gasteiger partial charge is 0.319 e. The Balaban J connectivity index is 1.61. The Morgan fingerprint density at radius 2 is 2.04 bits per heavy atom. The Bertz CT molecular complexity index is 794. The van der Waals surface area contributed by atoms with E-state index in [0.717, 1.165) is 13.0 Å². The van der Waals surface area contributed by atoms with Gasteiger partial charge in [-0.3, -0.25) is 0 Å². The highest BCUT2D eigenvalue weighted by atomic mass is 16.5. The maximum Gasteiger partial charge on any atom is 0.319 e. The summed E-state index contributed by atoms with van der Waals surface area (Å²) in [5.74, 6) is 1.57. The van der Waals surface area contributed by atoms with Crippen LogP contribution in [0.15, 0.2) is 42.5 Å². The van der Waals surface area contributed by atoms with Crippen molar-refractivity contribution >= 4 is 17.4 Å². The van der Waals surface area contributed by atoms with Crippen molar-refractivity contribution in [3.8, 4) is 11.5 Å². The topological polar surface area (TPSA) is 62.8 Å². The molecule has 1 unspecified atom stereocenters. The van der Waals surface area contributed by atoms with Crippen LogP contribution in [0, 0.1) is 0 Å². The molecule has 0 saturated heterocycles. The maximum atomic E-state index is 12.4. The summed E-state index contributed by atoms with van der Waals surface area (Å²) in [6.45, 7) is 4.03. The summed E-state index contributed by atoms with van der Waals surface area (Å²) in [6, 6.07) is 13.5. The van der Waals surface area contributed by atoms with Crippen LogP contribution in [-0.2, 0) is 0 Å². The van der Waals surface area contributed by atoms with Gasteiger partial charge in [0.2, 0.25) is 0 Å². The molecule has 0 spiro atoms. The van der Waals surface area contributed by atoms with Gasteiger partial charge < -0.3 is 25.0 Å². The number of nitrogens with zero attached hydrogens (tertiary/aromatic N) is 1. The van der Waals surface area contributed by atoms with E-state index in [4.69, 9.17) is 9.47 Å². The first-order valence-corrected chi connectivity index (χ1v) is 9.28. The molecule has 1 atom stereocenters. The van der Waals surface area contributed by atoms with Gasteiger partial charge in [-0.2, -0.15) is 0 Å². The lowest BCUT2D eigenvalue weighted by Crippen LogP contribution is -2.36. The number of anilines is 2. The van der Waals surface area contributed by atoms with Crippen molar-refractivity contribution in [3.63, 3.8) is 0 Å². The van der Waals surface area contributed by atoms with Crippen LogP contribution in [0.2, 0.25) is 0 Å². The van der Waals surface area contributed by atoms with Crippen molar-refractivity contribution in [2.75, 3.05) is 44.1 Å². The Kier molecular flexibility index (Phi) is 6.06. The van der Waals surface area contributed by atoms with Gasteiger partial charge in [0, 0.05) is 43.5 Å². The molecule has 6 heteroatoms. The molecule has 6 nitrogen and oxygen atoms in total. The highest BCUT2D eigenvalue weighted by molar-refractivity contribution is 5.89. The zero-order valence-electron chi connectivity index (χ0n) is 16.1. The number of amides is 2. The molecule has 0 aliphatic carbocycles. The molecule has 1 aliphatic heterocycles. The van der Waals surface area contributed by atoms with Crippen molar-refractivity contribution in [1.29, 1.82) is 0 Å². The fraction of sp³-hybridized carbons (Fsp3) is 0.381. The van der Waals surface area contributed by atoms with E-state index < -0.39 is 0 Å². The predicted octanol–water partition coefficient (Wildman–Crippen LogP) is 3.84. The number of rotatable bonds is 6. The zero-order chi connectivity index (χ0) is 19.2. The van der Waals surface area contributed by atoms with Gasteiger partial charge in [0.15, 0.2) is 11.5 Å². The van der Waals surface area contributed by atoms with E-state index in [9.17, 15) is 4.79 Å². The number of para-hydroxylation sites is 1. The summed E-state index contributed by atoms with van der Waals surface area (Å²) in [5.41, 5.74) is 3.20. The third-order valence-electron chi connectivity index (χ3n) is 4.83. The second-order valence-electron chi connectivity index (χ2n) is 6.60. The molecule has 3 rings (SSSR count).